The topological polar surface area (TPSA) is 32.8 Å². The summed E-state index contributed by atoms with van der Waals surface area (Å²) in [6, 6.07) is 8.13. The molecule has 1 unspecified atom stereocenters. The number of anilines is 2. The zero-order valence-electron chi connectivity index (χ0n) is 10.7. The maximum atomic E-state index is 11.8. The highest BCUT2D eigenvalue weighted by atomic mass is 35.5. The van der Waals surface area contributed by atoms with Gasteiger partial charge in [-0.3, -0.25) is 4.79 Å². The van der Waals surface area contributed by atoms with Crippen LogP contribution in [0.1, 0.15) is 6.42 Å². The Morgan fingerprint density at radius 3 is 2.32 bits per heavy atom. The summed E-state index contributed by atoms with van der Waals surface area (Å²) in [5.41, 5.74) is 2.12. The maximum Gasteiger partial charge on any atom is 0.228 e. The van der Waals surface area contributed by atoms with Gasteiger partial charge in [-0.1, -0.05) is 0 Å². The number of ether oxygens (including phenoxy) is 1. The summed E-state index contributed by atoms with van der Waals surface area (Å²) in [5.74, 6) is 0.110. The normalized spacial score (nSPS) is 24.1. The van der Waals surface area contributed by atoms with E-state index in [1.165, 1.54) is 5.69 Å². The van der Waals surface area contributed by atoms with Gasteiger partial charge in [-0.2, -0.15) is 0 Å². The van der Waals surface area contributed by atoms with Crippen LogP contribution in [0.4, 0.5) is 11.4 Å². The summed E-state index contributed by atoms with van der Waals surface area (Å²) in [6.45, 7) is 4.01. The van der Waals surface area contributed by atoms with E-state index in [2.05, 4.69) is 17.0 Å². The maximum absolute atomic E-state index is 11.8. The van der Waals surface area contributed by atoms with Gasteiger partial charge < -0.3 is 14.5 Å². The Hall–Kier alpha value is -1.26. The number of rotatable bonds is 2. The quantitative estimate of drug-likeness (QED) is 0.776. The highest BCUT2D eigenvalue weighted by Gasteiger charge is 2.29. The van der Waals surface area contributed by atoms with E-state index in [-0.39, 0.29) is 11.3 Å². The fourth-order valence-corrected chi connectivity index (χ4v) is 2.85. The van der Waals surface area contributed by atoms with Crippen LogP contribution in [0.3, 0.4) is 0 Å². The molecule has 1 atom stereocenters. The zero-order chi connectivity index (χ0) is 13.2. The van der Waals surface area contributed by atoms with Crippen molar-refractivity contribution in [2.75, 3.05) is 42.6 Å². The number of hydrogen-bond donors (Lipinski definition) is 0. The van der Waals surface area contributed by atoms with E-state index in [1.807, 2.05) is 12.1 Å². The number of alkyl halides is 1. The number of carbonyl (C=O) groups is 1. The van der Waals surface area contributed by atoms with E-state index < -0.39 is 0 Å². The molecule has 5 heteroatoms. The van der Waals surface area contributed by atoms with Crippen molar-refractivity contribution in [1.29, 1.82) is 0 Å². The fraction of sp³-hybridized carbons (Fsp3) is 0.500. The molecule has 0 aliphatic carbocycles. The average molecular weight is 281 g/mol. The lowest BCUT2D eigenvalue weighted by Gasteiger charge is -2.29. The Balaban J connectivity index is 1.73. The van der Waals surface area contributed by atoms with E-state index in [9.17, 15) is 4.79 Å². The molecule has 2 saturated heterocycles. The second-order valence-electron chi connectivity index (χ2n) is 4.92. The van der Waals surface area contributed by atoms with Crippen molar-refractivity contribution in [2.24, 2.45) is 0 Å². The highest BCUT2D eigenvalue weighted by molar-refractivity contribution is 6.24. The van der Waals surface area contributed by atoms with Crippen LogP contribution in [0.25, 0.3) is 0 Å². The van der Waals surface area contributed by atoms with E-state index in [0.717, 1.165) is 32.0 Å². The lowest BCUT2D eigenvalue weighted by Crippen LogP contribution is -2.36. The molecule has 0 aromatic heterocycles. The van der Waals surface area contributed by atoms with Gasteiger partial charge in [0, 0.05) is 37.4 Å². The minimum atomic E-state index is -0.0635. The number of nitrogens with zero attached hydrogens (tertiary/aromatic N) is 2. The van der Waals surface area contributed by atoms with E-state index in [0.29, 0.717) is 13.0 Å². The van der Waals surface area contributed by atoms with Crippen LogP contribution in [0, 0.1) is 0 Å². The third kappa shape index (κ3) is 2.69. The molecule has 2 aliphatic rings. The van der Waals surface area contributed by atoms with Crippen LogP contribution >= 0.6 is 11.6 Å². The van der Waals surface area contributed by atoms with Crippen molar-refractivity contribution in [2.45, 2.75) is 11.8 Å². The molecule has 1 aromatic carbocycles. The summed E-state index contributed by atoms with van der Waals surface area (Å²) in [4.78, 5) is 15.8. The molecule has 3 rings (SSSR count). The number of amides is 1. The monoisotopic (exact) mass is 280 g/mol. The first kappa shape index (κ1) is 12.8. The summed E-state index contributed by atoms with van der Waals surface area (Å²) in [6.07, 6.45) is 0.437. The SMILES string of the molecule is O=C1CC(Cl)CN1c1ccc(N2CCOCC2)cc1. The molecule has 2 fully saturated rings. The smallest absolute Gasteiger partial charge is 0.228 e. The second-order valence-corrected chi connectivity index (χ2v) is 5.54. The Kier molecular flexibility index (Phi) is 3.62. The van der Waals surface area contributed by atoms with Gasteiger partial charge in [-0.25, -0.2) is 0 Å². The molecule has 1 amide bonds. The predicted molar refractivity (Wildman–Crippen MR) is 76.1 cm³/mol. The Morgan fingerprint density at radius 1 is 1.11 bits per heavy atom. The molecule has 0 bridgehead atoms. The third-order valence-corrected chi connectivity index (χ3v) is 3.91. The van der Waals surface area contributed by atoms with Crippen LogP contribution in [-0.4, -0.2) is 44.1 Å². The molecule has 2 heterocycles. The van der Waals surface area contributed by atoms with Crippen LogP contribution in [0.5, 0.6) is 0 Å². The summed E-state index contributed by atoms with van der Waals surface area (Å²) >= 11 is 6.02. The van der Waals surface area contributed by atoms with Gasteiger partial charge in [0.2, 0.25) is 5.91 Å². The first-order valence-corrected chi connectivity index (χ1v) is 7.05. The van der Waals surface area contributed by atoms with Crippen molar-refractivity contribution in [3.05, 3.63) is 24.3 Å². The largest absolute Gasteiger partial charge is 0.378 e. The van der Waals surface area contributed by atoms with Crippen LogP contribution in [-0.2, 0) is 9.53 Å². The van der Waals surface area contributed by atoms with E-state index in [4.69, 9.17) is 16.3 Å². The number of hydrogen-bond acceptors (Lipinski definition) is 3. The van der Waals surface area contributed by atoms with E-state index >= 15 is 0 Å². The Labute approximate surface area is 117 Å². The van der Waals surface area contributed by atoms with Gasteiger partial charge in [0.15, 0.2) is 0 Å². The summed E-state index contributed by atoms with van der Waals surface area (Å²) in [5, 5.41) is -0.0635. The van der Waals surface area contributed by atoms with Crippen molar-refractivity contribution in [3.63, 3.8) is 0 Å². The van der Waals surface area contributed by atoms with Gasteiger partial charge in [-0.05, 0) is 24.3 Å². The molecule has 0 saturated carbocycles. The number of benzene rings is 1. The average Bonchev–Trinajstić information content (AvgIpc) is 2.79. The molecule has 1 aromatic rings. The zero-order valence-corrected chi connectivity index (χ0v) is 11.5. The lowest BCUT2D eigenvalue weighted by molar-refractivity contribution is -0.117. The van der Waals surface area contributed by atoms with Crippen molar-refractivity contribution < 1.29 is 9.53 Å². The molecular weight excluding hydrogens is 264 g/mol. The first-order valence-electron chi connectivity index (χ1n) is 6.61. The Morgan fingerprint density at radius 2 is 1.74 bits per heavy atom. The molecule has 0 spiro atoms. The van der Waals surface area contributed by atoms with Crippen molar-refractivity contribution in [3.8, 4) is 0 Å². The first-order chi connectivity index (χ1) is 9.24. The lowest BCUT2D eigenvalue weighted by atomic mass is 10.2. The van der Waals surface area contributed by atoms with Gasteiger partial charge in [0.1, 0.15) is 0 Å². The molecular formula is C14H17ClN2O2. The van der Waals surface area contributed by atoms with E-state index in [1.54, 1.807) is 4.90 Å². The van der Waals surface area contributed by atoms with Gasteiger partial charge in [0.25, 0.3) is 0 Å². The molecule has 2 aliphatic heterocycles. The molecule has 102 valence electrons. The van der Waals surface area contributed by atoms with Gasteiger partial charge in [-0.15, -0.1) is 11.6 Å². The summed E-state index contributed by atoms with van der Waals surface area (Å²) in [7, 11) is 0. The summed E-state index contributed by atoms with van der Waals surface area (Å²) < 4.78 is 5.34. The number of morpholine rings is 1. The van der Waals surface area contributed by atoms with Gasteiger partial charge in [0.05, 0.1) is 18.6 Å². The second kappa shape index (κ2) is 5.39. The minimum Gasteiger partial charge on any atom is -0.378 e. The predicted octanol–water partition coefficient (Wildman–Crippen LogP) is 1.87. The number of halogens is 1. The third-order valence-electron chi connectivity index (χ3n) is 3.62. The van der Waals surface area contributed by atoms with Crippen molar-refractivity contribution in [1.82, 2.24) is 0 Å². The fourth-order valence-electron chi connectivity index (χ4n) is 2.58. The molecule has 0 radical (unpaired) electrons. The highest BCUT2D eigenvalue weighted by Crippen LogP contribution is 2.26. The van der Waals surface area contributed by atoms with Gasteiger partial charge >= 0.3 is 0 Å². The standard InChI is InChI=1S/C14H17ClN2O2/c15-11-9-14(18)17(10-11)13-3-1-12(2-4-13)16-5-7-19-8-6-16/h1-4,11H,5-10H2. The Bertz CT molecular complexity index is 457. The van der Waals surface area contributed by atoms with Crippen LogP contribution < -0.4 is 9.80 Å². The van der Waals surface area contributed by atoms with Crippen molar-refractivity contribution >= 4 is 28.9 Å². The molecule has 0 N–H and O–H groups in total. The van der Waals surface area contributed by atoms with Crippen LogP contribution in [0.15, 0.2) is 24.3 Å². The molecule has 4 nitrogen and oxygen atoms in total. The van der Waals surface area contributed by atoms with Crippen LogP contribution in [0.2, 0.25) is 0 Å². The molecule has 19 heavy (non-hydrogen) atoms. The minimum absolute atomic E-state index is 0.0635. The number of carbonyl (C=O) groups excluding carboxylic acids is 1.